The Kier molecular flexibility index (Phi) is 5.36. The minimum Gasteiger partial charge on any atom is -0.497 e. The molecule has 0 radical (unpaired) electrons. The predicted molar refractivity (Wildman–Crippen MR) is 94.7 cm³/mol. The smallest absolute Gasteiger partial charge is 0.244 e. The largest absolute Gasteiger partial charge is 0.497 e. The van der Waals surface area contributed by atoms with E-state index in [0.717, 1.165) is 17.7 Å². The number of ether oxygens (including phenoxy) is 1. The molecule has 128 valence electrons. The molecule has 0 aliphatic heterocycles. The lowest BCUT2D eigenvalue weighted by atomic mass is 10.1. The first kappa shape index (κ1) is 16.6. The summed E-state index contributed by atoms with van der Waals surface area (Å²) >= 11 is 0. The van der Waals surface area contributed by atoms with E-state index in [0.29, 0.717) is 24.0 Å². The highest BCUT2D eigenvalue weighted by molar-refractivity contribution is 5.55. The van der Waals surface area contributed by atoms with Gasteiger partial charge in [0, 0.05) is 12.2 Å². The maximum absolute atomic E-state index is 13.2. The molecule has 3 rings (SSSR count). The number of methoxy groups -OCH3 is 1. The van der Waals surface area contributed by atoms with E-state index in [1.165, 1.54) is 18.3 Å². The number of aromatic nitrogens is 3. The lowest BCUT2D eigenvalue weighted by Crippen LogP contribution is -2.09. The van der Waals surface area contributed by atoms with Gasteiger partial charge in [0.15, 0.2) is 5.82 Å². The van der Waals surface area contributed by atoms with Gasteiger partial charge in [-0.3, -0.25) is 0 Å². The molecule has 2 aromatic carbocycles. The summed E-state index contributed by atoms with van der Waals surface area (Å²) in [6, 6.07) is 14.0. The molecular weight excluding hydrogens is 321 g/mol. The predicted octanol–water partition coefficient (Wildman–Crippen LogP) is 3.42. The van der Waals surface area contributed by atoms with Crippen LogP contribution in [0.3, 0.4) is 0 Å². The van der Waals surface area contributed by atoms with Crippen molar-refractivity contribution in [1.82, 2.24) is 15.2 Å². The van der Waals surface area contributed by atoms with Crippen LogP contribution in [-0.2, 0) is 6.42 Å². The maximum atomic E-state index is 13.2. The van der Waals surface area contributed by atoms with E-state index < -0.39 is 0 Å². The quantitative estimate of drug-likeness (QED) is 0.687. The number of benzene rings is 2. The molecule has 0 atom stereocenters. The Balaban J connectivity index is 1.58. The summed E-state index contributed by atoms with van der Waals surface area (Å²) in [5.74, 6) is 1.41. The number of nitrogens with one attached hydrogen (secondary N) is 2. The van der Waals surface area contributed by atoms with Crippen molar-refractivity contribution in [3.8, 4) is 5.75 Å². The van der Waals surface area contributed by atoms with Crippen molar-refractivity contribution >= 4 is 17.5 Å². The van der Waals surface area contributed by atoms with E-state index in [2.05, 4.69) is 25.8 Å². The van der Waals surface area contributed by atoms with Crippen molar-refractivity contribution in [3.63, 3.8) is 0 Å². The van der Waals surface area contributed by atoms with Crippen molar-refractivity contribution in [2.45, 2.75) is 6.42 Å². The Bertz CT molecular complexity index is 843. The van der Waals surface area contributed by atoms with Crippen molar-refractivity contribution in [1.29, 1.82) is 0 Å². The molecule has 0 amide bonds. The van der Waals surface area contributed by atoms with E-state index in [4.69, 9.17) is 4.74 Å². The van der Waals surface area contributed by atoms with E-state index in [9.17, 15) is 4.39 Å². The van der Waals surface area contributed by atoms with Gasteiger partial charge in [0.2, 0.25) is 5.95 Å². The Morgan fingerprint density at radius 3 is 2.84 bits per heavy atom. The summed E-state index contributed by atoms with van der Waals surface area (Å²) in [6.07, 6.45) is 2.28. The number of rotatable bonds is 7. The highest BCUT2D eigenvalue weighted by Gasteiger charge is 2.02. The zero-order valence-electron chi connectivity index (χ0n) is 13.7. The van der Waals surface area contributed by atoms with Crippen molar-refractivity contribution in [3.05, 3.63) is 66.1 Å². The molecule has 7 heteroatoms. The van der Waals surface area contributed by atoms with E-state index in [1.807, 2.05) is 24.3 Å². The van der Waals surface area contributed by atoms with Gasteiger partial charge in [-0.05, 0) is 42.3 Å². The number of nitrogens with zero attached hydrogens (tertiary/aromatic N) is 3. The van der Waals surface area contributed by atoms with Crippen molar-refractivity contribution in [2.24, 2.45) is 0 Å². The van der Waals surface area contributed by atoms with Crippen LogP contribution >= 0.6 is 0 Å². The molecule has 0 spiro atoms. The Labute approximate surface area is 145 Å². The van der Waals surface area contributed by atoms with E-state index in [-0.39, 0.29) is 5.82 Å². The summed E-state index contributed by atoms with van der Waals surface area (Å²) < 4.78 is 18.4. The molecular formula is C18H18FN5O. The first-order valence-electron chi connectivity index (χ1n) is 7.82. The van der Waals surface area contributed by atoms with Crippen LogP contribution in [0.4, 0.5) is 21.8 Å². The average Bonchev–Trinajstić information content (AvgIpc) is 2.62. The lowest BCUT2D eigenvalue weighted by molar-refractivity contribution is 0.414. The van der Waals surface area contributed by atoms with Gasteiger partial charge in [-0.25, -0.2) is 4.39 Å². The third-order valence-corrected chi connectivity index (χ3v) is 3.49. The van der Waals surface area contributed by atoms with E-state index >= 15 is 0 Å². The van der Waals surface area contributed by atoms with Gasteiger partial charge in [-0.1, -0.05) is 18.2 Å². The first-order valence-corrected chi connectivity index (χ1v) is 7.82. The van der Waals surface area contributed by atoms with Gasteiger partial charge in [0.1, 0.15) is 11.6 Å². The second kappa shape index (κ2) is 8.05. The Morgan fingerprint density at radius 2 is 2.00 bits per heavy atom. The summed E-state index contributed by atoms with van der Waals surface area (Å²) in [5.41, 5.74) is 1.75. The Morgan fingerprint density at radius 1 is 1.12 bits per heavy atom. The number of halogens is 1. The molecule has 0 bridgehead atoms. The molecule has 0 unspecified atom stereocenters. The number of hydrogen-bond donors (Lipinski definition) is 2. The highest BCUT2D eigenvalue weighted by atomic mass is 19.1. The van der Waals surface area contributed by atoms with Gasteiger partial charge in [-0.15, -0.1) is 5.10 Å². The fourth-order valence-corrected chi connectivity index (χ4v) is 2.30. The third-order valence-electron chi connectivity index (χ3n) is 3.49. The van der Waals surface area contributed by atoms with Crippen LogP contribution in [0.1, 0.15) is 5.56 Å². The van der Waals surface area contributed by atoms with Crippen molar-refractivity contribution in [2.75, 3.05) is 24.3 Å². The summed E-state index contributed by atoms with van der Waals surface area (Å²) in [4.78, 5) is 4.32. The monoisotopic (exact) mass is 339 g/mol. The minimum absolute atomic E-state index is 0.316. The zero-order chi connectivity index (χ0) is 17.5. The van der Waals surface area contributed by atoms with Gasteiger partial charge in [-0.2, -0.15) is 10.1 Å². The topological polar surface area (TPSA) is 72.0 Å². The molecule has 0 saturated heterocycles. The minimum atomic E-state index is -0.316. The first-order chi connectivity index (χ1) is 12.2. The fourth-order valence-electron chi connectivity index (χ4n) is 2.30. The molecule has 1 aromatic heterocycles. The van der Waals surface area contributed by atoms with Gasteiger partial charge in [0.05, 0.1) is 13.3 Å². The van der Waals surface area contributed by atoms with Crippen LogP contribution in [0.15, 0.2) is 54.7 Å². The Hall–Kier alpha value is -3.22. The van der Waals surface area contributed by atoms with Crippen LogP contribution in [0.2, 0.25) is 0 Å². The number of hydrogen-bond acceptors (Lipinski definition) is 6. The average molecular weight is 339 g/mol. The van der Waals surface area contributed by atoms with Crippen LogP contribution < -0.4 is 15.4 Å². The van der Waals surface area contributed by atoms with Crippen molar-refractivity contribution < 1.29 is 9.13 Å². The maximum Gasteiger partial charge on any atom is 0.244 e. The van der Waals surface area contributed by atoms with Crippen LogP contribution in [-0.4, -0.2) is 28.8 Å². The van der Waals surface area contributed by atoms with Crippen LogP contribution in [0.25, 0.3) is 0 Å². The zero-order valence-corrected chi connectivity index (χ0v) is 13.7. The summed E-state index contributed by atoms with van der Waals surface area (Å²) in [7, 11) is 1.65. The second-order valence-corrected chi connectivity index (χ2v) is 5.33. The summed E-state index contributed by atoms with van der Waals surface area (Å²) in [5, 5.41) is 14.0. The molecule has 0 fully saturated rings. The molecule has 1 heterocycles. The highest BCUT2D eigenvalue weighted by Crippen LogP contribution is 2.16. The molecule has 0 saturated carbocycles. The second-order valence-electron chi connectivity index (χ2n) is 5.33. The van der Waals surface area contributed by atoms with Gasteiger partial charge in [0.25, 0.3) is 0 Å². The van der Waals surface area contributed by atoms with Crippen LogP contribution in [0.5, 0.6) is 5.75 Å². The molecule has 6 nitrogen and oxygen atoms in total. The van der Waals surface area contributed by atoms with Crippen LogP contribution in [0, 0.1) is 5.82 Å². The van der Waals surface area contributed by atoms with Gasteiger partial charge >= 0.3 is 0 Å². The normalized spacial score (nSPS) is 10.3. The van der Waals surface area contributed by atoms with E-state index in [1.54, 1.807) is 19.2 Å². The summed E-state index contributed by atoms with van der Waals surface area (Å²) in [6.45, 7) is 0.651. The fraction of sp³-hybridized carbons (Fsp3) is 0.167. The van der Waals surface area contributed by atoms with Gasteiger partial charge < -0.3 is 15.4 Å². The molecule has 0 aliphatic rings. The number of anilines is 3. The third kappa shape index (κ3) is 4.87. The lowest BCUT2D eigenvalue weighted by Gasteiger charge is -2.08. The molecule has 0 aliphatic carbocycles. The standard InChI is InChI=1S/C18H18FN5O/c1-25-16-7-2-4-13(10-16)8-9-20-18-23-17(12-21-24-18)22-15-6-3-5-14(19)11-15/h2-7,10-12H,8-9H2,1H3,(H2,20,22,23,24). The molecule has 3 aromatic rings. The molecule has 2 N–H and O–H groups in total. The molecule has 25 heavy (non-hydrogen) atoms. The SMILES string of the molecule is COc1cccc(CCNc2nncc(Nc3cccc(F)c3)n2)c1.